The predicted octanol–water partition coefficient (Wildman–Crippen LogP) is 2.82. The van der Waals surface area contributed by atoms with Gasteiger partial charge in [-0.1, -0.05) is 25.3 Å². The zero-order chi connectivity index (χ0) is 17.8. The molecule has 25 heavy (non-hydrogen) atoms. The molecule has 1 fully saturated rings. The van der Waals surface area contributed by atoms with Gasteiger partial charge in [-0.05, 0) is 31.0 Å². The van der Waals surface area contributed by atoms with Crippen LogP contribution in [0.5, 0.6) is 0 Å². The second kappa shape index (κ2) is 7.74. The fraction of sp³-hybridized carbons (Fsp3) is 0.444. The number of hydrogen-bond acceptors (Lipinski definition) is 3. The summed E-state index contributed by atoms with van der Waals surface area (Å²) < 4.78 is 28.7. The van der Waals surface area contributed by atoms with E-state index in [0.717, 1.165) is 48.9 Å². The minimum Gasteiger partial charge on any atom is -0.396 e. The number of halogens is 2. The van der Waals surface area contributed by atoms with Crippen molar-refractivity contribution in [1.82, 2.24) is 15.1 Å². The Bertz CT molecular complexity index is 727. The number of carbonyl (C=O) groups excluding carboxylic acids is 1. The maximum atomic E-state index is 13.8. The normalized spacial score (nSPS) is 20.9. The van der Waals surface area contributed by atoms with Crippen LogP contribution in [0, 0.1) is 17.6 Å². The third-order valence-corrected chi connectivity index (χ3v) is 4.70. The third-order valence-electron chi connectivity index (χ3n) is 4.70. The Morgan fingerprint density at radius 1 is 1.20 bits per heavy atom. The van der Waals surface area contributed by atoms with Crippen LogP contribution in [0.25, 0.3) is 5.69 Å². The van der Waals surface area contributed by atoms with Crippen molar-refractivity contribution >= 4 is 5.91 Å². The van der Waals surface area contributed by atoms with Crippen LogP contribution in [-0.4, -0.2) is 33.4 Å². The lowest BCUT2D eigenvalue weighted by atomic mass is 9.95. The summed E-state index contributed by atoms with van der Waals surface area (Å²) in [5, 5.41) is 16.4. The second-order valence-corrected chi connectivity index (χ2v) is 6.38. The van der Waals surface area contributed by atoms with Gasteiger partial charge < -0.3 is 10.4 Å². The highest BCUT2D eigenvalue weighted by molar-refractivity contribution is 5.92. The average molecular weight is 349 g/mol. The molecular formula is C18H21F2N3O2. The van der Waals surface area contributed by atoms with E-state index in [0.29, 0.717) is 0 Å². The second-order valence-electron chi connectivity index (χ2n) is 6.38. The lowest BCUT2D eigenvalue weighted by Gasteiger charge is -2.24. The molecule has 0 bridgehead atoms. The van der Waals surface area contributed by atoms with Crippen LogP contribution in [0.4, 0.5) is 8.78 Å². The van der Waals surface area contributed by atoms with Crippen molar-refractivity contribution in [1.29, 1.82) is 0 Å². The molecule has 2 unspecified atom stereocenters. The Hall–Kier alpha value is -2.28. The first-order valence-electron chi connectivity index (χ1n) is 8.52. The number of aromatic nitrogens is 2. The van der Waals surface area contributed by atoms with Crippen molar-refractivity contribution in [3.8, 4) is 5.69 Å². The first-order chi connectivity index (χ1) is 12.1. The monoisotopic (exact) mass is 349 g/mol. The van der Waals surface area contributed by atoms with Gasteiger partial charge in [-0.3, -0.25) is 4.79 Å². The molecule has 0 aliphatic heterocycles. The fourth-order valence-electron chi connectivity index (χ4n) is 3.31. The summed E-state index contributed by atoms with van der Waals surface area (Å²) in [7, 11) is 0. The number of carbonyl (C=O) groups is 1. The topological polar surface area (TPSA) is 67.2 Å². The van der Waals surface area contributed by atoms with E-state index in [2.05, 4.69) is 10.4 Å². The fourth-order valence-corrected chi connectivity index (χ4v) is 3.31. The molecule has 2 atom stereocenters. The molecule has 1 aromatic heterocycles. The standard InChI is InChI=1S/C18H21F2N3O2/c19-13-6-4-7-14(20)17(13)23-10-9-16(22-23)18(25)21-15-8-3-1-2-5-12(15)11-24/h4,6-7,9-10,12,15,24H,1-3,5,8,11H2,(H,21,25). The van der Waals surface area contributed by atoms with Crippen LogP contribution in [-0.2, 0) is 0 Å². The largest absolute Gasteiger partial charge is 0.396 e. The molecule has 1 aliphatic rings. The predicted molar refractivity (Wildman–Crippen MR) is 88.4 cm³/mol. The Balaban J connectivity index is 1.76. The van der Waals surface area contributed by atoms with Gasteiger partial charge in [0.25, 0.3) is 5.91 Å². The third kappa shape index (κ3) is 3.87. The maximum absolute atomic E-state index is 13.8. The van der Waals surface area contributed by atoms with Gasteiger partial charge >= 0.3 is 0 Å². The smallest absolute Gasteiger partial charge is 0.272 e. The van der Waals surface area contributed by atoms with Crippen molar-refractivity contribution in [2.45, 2.75) is 38.1 Å². The van der Waals surface area contributed by atoms with Crippen LogP contribution in [0.3, 0.4) is 0 Å². The highest BCUT2D eigenvalue weighted by atomic mass is 19.1. The number of aliphatic hydroxyl groups is 1. The van der Waals surface area contributed by atoms with E-state index in [-0.39, 0.29) is 29.9 Å². The number of nitrogens with zero attached hydrogens (tertiary/aromatic N) is 2. The zero-order valence-electron chi connectivity index (χ0n) is 13.8. The number of para-hydroxylation sites is 1. The SMILES string of the molecule is O=C(NC1CCCCCC1CO)c1ccn(-c2c(F)cccc2F)n1. The Labute approximate surface area is 144 Å². The molecule has 0 saturated heterocycles. The summed E-state index contributed by atoms with van der Waals surface area (Å²) in [4.78, 5) is 12.4. The summed E-state index contributed by atoms with van der Waals surface area (Å²) in [5.74, 6) is -1.88. The van der Waals surface area contributed by atoms with Crippen LogP contribution < -0.4 is 5.32 Å². The molecule has 0 spiro atoms. The van der Waals surface area contributed by atoms with E-state index in [1.165, 1.54) is 18.3 Å². The first-order valence-corrected chi connectivity index (χ1v) is 8.52. The molecule has 2 N–H and O–H groups in total. The van der Waals surface area contributed by atoms with Crippen molar-refractivity contribution in [2.75, 3.05) is 6.61 Å². The van der Waals surface area contributed by atoms with Gasteiger partial charge in [-0.2, -0.15) is 5.10 Å². The summed E-state index contributed by atoms with van der Waals surface area (Å²) >= 11 is 0. The molecule has 0 radical (unpaired) electrons. The van der Waals surface area contributed by atoms with E-state index in [9.17, 15) is 18.7 Å². The van der Waals surface area contributed by atoms with Crippen LogP contribution in [0.15, 0.2) is 30.5 Å². The quantitative estimate of drug-likeness (QED) is 0.834. The molecule has 1 heterocycles. The molecule has 1 saturated carbocycles. The van der Waals surface area contributed by atoms with Gasteiger partial charge in [0.1, 0.15) is 5.69 Å². The van der Waals surface area contributed by atoms with Crippen LogP contribution >= 0.6 is 0 Å². The van der Waals surface area contributed by atoms with Gasteiger partial charge in [-0.15, -0.1) is 0 Å². The number of hydrogen-bond donors (Lipinski definition) is 2. The Morgan fingerprint density at radius 3 is 2.64 bits per heavy atom. The lowest BCUT2D eigenvalue weighted by Crippen LogP contribution is -2.41. The average Bonchev–Trinajstić information content (AvgIpc) is 2.96. The molecule has 1 amide bonds. The van der Waals surface area contributed by atoms with E-state index in [1.807, 2.05) is 0 Å². The maximum Gasteiger partial charge on any atom is 0.272 e. The summed E-state index contributed by atoms with van der Waals surface area (Å²) in [6, 6.07) is 4.85. The van der Waals surface area contributed by atoms with Crippen molar-refractivity contribution < 1.29 is 18.7 Å². The van der Waals surface area contributed by atoms with Crippen molar-refractivity contribution in [3.63, 3.8) is 0 Å². The lowest BCUT2D eigenvalue weighted by molar-refractivity contribution is 0.0894. The summed E-state index contributed by atoms with van der Waals surface area (Å²) in [6.45, 7) is 0.0276. The van der Waals surface area contributed by atoms with E-state index in [4.69, 9.17) is 0 Å². The minimum absolute atomic E-state index is 0.0255. The van der Waals surface area contributed by atoms with Gasteiger partial charge in [0.2, 0.25) is 0 Å². The van der Waals surface area contributed by atoms with Gasteiger partial charge in [-0.25, -0.2) is 13.5 Å². The number of nitrogens with one attached hydrogen (secondary N) is 1. The van der Waals surface area contributed by atoms with E-state index < -0.39 is 17.5 Å². The van der Waals surface area contributed by atoms with E-state index in [1.54, 1.807) is 0 Å². The molecule has 1 aromatic carbocycles. The van der Waals surface area contributed by atoms with Crippen LogP contribution in [0.1, 0.15) is 42.6 Å². The molecular weight excluding hydrogens is 328 g/mol. The summed E-state index contributed by atoms with van der Waals surface area (Å²) in [5.41, 5.74) is -0.229. The highest BCUT2D eigenvalue weighted by Gasteiger charge is 2.26. The number of amides is 1. The number of rotatable bonds is 4. The number of aliphatic hydroxyl groups excluding tert-OH is 1. The molecule has 2 aromatic rings. The van der Waals surface area contributed by atoms with Gasteiger partial charge in [0.05, 0.1) is 0 Å². The molecule has 3 rings (SSSR count). The van der Waals surface area contributed by atoms with Crippen LogP contribution in [0.2, 0.25) is 0 Å². The summed E-state index contributed by atoms with van der Waals surface area (Å²) in [6.07, 6.45) is 6.15. The molecule has 7 heteroatoms. The minimum atomic E-state index is -0.751. The van der Waals surface area contributed by atoms with Crippen molar-refractivity contribution in [3.05, 3.63) is 47.8 Å². The molecule has 5 nitrogen and oxygen atoms in total. The highest BCUT2D eigenvalue weighted by Crippen LogP contribution is 2.23. The molecule has 134 valence electrons. The van der Waals surface area contributed by atoms with Crippen molar-refractivity contribution in [2.24, 2.45) is 5.92 Å². The van der Waals surface area contributed by atoms with E-state index >= 15 is 0 Å². The van der Waals surface area contributed by atoms with Gasteiger partial charge in [0, 0.05) is 24.8 Å². The molecule has 1 aliphatic carbocycles. The Morgan fingerprint density at radius 2 is 1.92 bits per heavy atom. The van der Waals surface area contributed by atoms with Gasteiger partial charge in [0.15, 0.2) is 17.3 Å². The zero-order valence-corrected chi connectivity index (χ0v) is 13.8. The Kier molecular flexibility index (Phi) is 5.43. The number of benzene rings is 1. The first kappa shape index (κ1) is 17.5.